The number of aromatic amines is 1. The number of aromatic nitrogens is 2. The summed E-state index contributed by atoms with van der Waals surface area (Å²) in [6.07, 6.45) is 3.84. The van der Waals surface area contributed by atoms with Crippen LogP contribution >= 0.6 is 0 Å². The van der Waals surface area contributed by atoms with Gasteiger partial charge >= 0.3 is 0 Å². The largest absolute Gasteiger partial charge is 0.455 e. The number of carbonyl (C=O) groups is 1. The normalized spacial score (nSPS) is 18.9. The van der Waals surface area contributed by atoms with Gasteiger partial charge in [-0.25, -0.2) is 0 Å². The smallest absolute Gasteiger partial charge is 0.289 e. The van der Waals surface area contributed by atoms with Crippen molar-refractivity contribution in [2.24, 2.45) is 0 Å². The lowest BCUT2D eigenvalue weighted by atomic mass is 9.95. The maximum absolute atomic E-state index is 12.6. The Morgan fingerprint density at radius 2 is 2.32 bits per heavy atom. The summed E-state index contributed by atoms with van der Waals surface area (Å²) < 4.78 is 5.68. The molecule has 0 saturated carbocycles. The molecule has 1 aliphatic heterocycles. The summed E-state index contributed by atoms with van der Waals surface area (Å²) in [6.45, 7) is 2.20. The van der Waals surface area contributed by atoms with Crippen molar-refractivity contribution in [3.05, 3.63) is 41.6 Å². The Balaban J connectivity index is 1.67. The number of nitrogens with zero attached hydrogens (tertiary/aromatic N) is 3. The molecular formula is C16H22N4O2. The van der Waals surface area contributed by atoms with Crippen molar-refractivity contribution in [3.63, 3.8) is 0 Å². The van der Waals surface area contributed by atoms with Crippen LogP contribution in [0.3, 0.4) is 0 Å². The third-order valence-electron chi connectivity index (χ3n) is 4.02. The SMILES string of the molecule is CN(C)Cc1ccc(C(=O)N2CCC[C@@H](c3ccn[nH]3)C2)o1. The van der Waals surface area contributed by atoms with Crippen LogP contribution in [0.1, 0.15) is 40.8 Å². The Kier molecular flexibility index (Phi) is 4.29. The van der Waals surface area contributed by atoms with Gasteiger partial charge in [0.15, 0.2) is 5.76 Å². The molecule has 0 unspecified atom stereocenters. The molecule has 2 aromatic heterocycles. The molecule has 3 rings (SSSR count). The minimum atomic E-state index is -0.0192. The Bertz CT molecular complexity index is 618. The van der Waals surface area contributed by atoms with Crippen molar-refractivity contribution in [1.82, 2.24) is 20.0 Å². The lowest BCUT2D eigenvalue weighted by molar-refractivity contribution is 0.0670. The summed E-state index contributed by atoms with van der Waals surface area (Å²) >= 11 is 0. The average molecular weight is 302 g/mol. The molecule has 3 heterocycles. The third-order valence-corrected chi connectivity index (χ3v) is 4.02. The first kappa shape index (κ1) is 14.8. The van der Waals surface area contributed by atoms with Gasteiger partial charge in [-0.3, -0.25) is 9.89 Å². The van der Waals surface area contributed by atoms with Gasteiger partial charge in [0.25, 0.3) is 5.91 Å². The number of likely N-dealkylation sites (tertiary alicyclic amines) is 1. The minimum absolute atomic E-state index is 0.0192. The highest BCUT2D eigenvalue weighted by Gasteiger charge is 2.27. The lowest BCUT2D eigenvalue weighted by Crippen LogP contribution is -2.39. The van der Waals surface area contributed by atoms with Crippen LogP contribution in [0.15, 0.2) is 28.8 Å². The molecule has 118 valence electrons. The van der Waals surface area contributed by atoms with Crippen LogP contribution in [0.25, 0.3) is 0 Å². The summed E-state index contributed by atoms with van der Waals surface area (Å²) in [5, 5.41) is 7.02. The van der Waals surface area contributed by atoms with Crippen molar-refractivity contribution in [3.8, 4) is 0 Å². The van der Waals surface area contributed by atoms with E-state index in [1.165, 1.54) is 0 Å². The number of carbonyl (C=O) groups excluding carboxylic acids is 1. The zero-order chi connectivity index (χ0) is 15.5. The number of H-pyrrole nitrogens is 1. The van der Waals surface area contributed by atoms with Crippen LogP contribution in [0.2, 0.25) is 0 Å². The highest BCUT2D eigenvalue weighted by molar-refractivity contribution is 5.91. The molecule has 1 aliphatic rings. The van der Waals surface area contributed by atoms with E-state index in [1.807, 2.05) is 36.0 Å². The summed E-state index contributed by atoms with van der Waals surface area (Å²) in [5.74, 6) is 1.56. The number of rotatable bonds is 4. The second kappa shape index (κ2) is 6.36. The van der Waals surface area contributed by atoms with Gasteiger partial charge in [-0.05, 0) is 45.1 Å². The summed E-state index contributed by atoms with van der Waals surface area (Å²) in [4.78, 5) is 16.5. The first-order valence-corrected chi connectivity index (χ1v) is 7.65. The molecule has 6 nitrogen and oxygen atoms in total. The maximum Gasteiger partial charge on any atom is 0.289 e. The fourth-order valence-electron chi connectivity index (χ4n) is 2.95. The van der Waals surface area contributed by atoms with Crippen molar-refractivity contribution in [1.29, 1.82) is 0 Å². The highest BCUT2D eigenvalue weighted by Crippen LogP contribution is 2.26. The summed E-state index contributed by atoms with van der Waals surface area (Å²) in [7, 11) is 3.95. The van der Waals surface area contributed by atoms with Gasteiger partial charge in [0.05, 0.1) is 6.54 Å². The second-order valence-electron chi connectivity index (χ2n) is 6.11. The molecular weight excluding hydrogens is 280 g/mol. The first-order valence-electron chi connectivity index (χ1n) is 7.65. The van der Waals surface area contributed by atoms with Gasteiger partial charge in [0.1, 0.15) is 5.76 Å². The molecule has 1 fully saturated rings. The van der Waals surface area contributed by atoms with E-state index in [0.29, 0.717) is 24.8 Å². The fourth-order valence-corrected chi connectivity index (χ4v) is 2.95. The molecule has 22 heavy (non-hydrogen) atoms. The van der Waals surface area contributed by atoms with E-state index in [0.717, 1.165) is 30.8 Å². The predicted octanol–water partition coefficient (Wildman–Crippen LogP) is 2.08. The van der Waals surface area contributed by atoms with Gasteiger partial charge in [-0.2, -0.15) is 5.10 Å². The third kappa shape index (κ3) is 3.22. The molecule has 2 aromatic rings. The van der Waals surface area contributed by atoms with E-state index >= 15 is 0 Å². The Morgan fingerprint density at radius 1 is 1.45 bits per heavy atom. The highest BCUT2D eigenvalue weighted by atomic mass is 16.4. The zero-order valence-electron chi connectivity index (χ0n) is 13.1. The van der Waals surface area contributed by atoms with Gasteiger partial charge in [0, 0.05) is 30.9 Å². The van der Waals surface area contributed by atoms with Crippen molar-refractivity contribution in [2.75, 3.05) is 27.2 Å². The van der Waals surface area contributed by atoms with E-state index in [9.17, 15) is 4.79 Å². The molecule has 6 heteroatoms. The molecule has 0 radical (unpaired) electrons. The number of furan rings is 1. The van der Waals surface area contributed by atoms with Crippen molar-refractivity contribution < 1.29 is 9.21 Å². The van der Waals surface area contributed by atoms with Crippen LogP contribution in [-0.2, 0) is 6.54 Å². The number of nitrogens with one attached hydrogen (secondary N) is 1. The standard InChI is InChI=1S/C16H22N4O2/c1-19(2)11-13-5-6-15(22-13)16(21)20-9-3-4-12(10-20)14-7-8-17-18-14/h5-8,12H,3-4,9-11H2,1-2H3,(H,17,18)/t12-/m1/s1. The Morgan fingerprint density at radius 3 is 3.05 bits per heavy atom. The predicted molar refractivity (Wildman–Crippen MR) is 82.6 cm³/mol. The molecule has 0 spiro atoms. The topological polar surface area (TPSA) is 65.4 Å². The van der Waals surface area contributed by atoms with E-state index in [4.69, 9.17) is 4.42 Å². The van der Waals surface area contributed by atoms with Crippen LogP contribution in [0.4, 0.5) is 0 Å². The Hall–Kier alpha value is -2.08. The molecule has 1 amide bonds. The summed E-state index contributed by atoms with van der Waals surface area (Å²) in [5.41, 5.74) is 1.10. The molecule has 1 atom stereocenters. The van der Waals surface area contributed by atoms with E-state index < -0.39 is 0 Å². The maximum atomic E-state index is 12.6. The van der Waals surface area contributed by atoms with Gasteiger partial charge < -0.3 is 14.2 Å². The van der Waals surface area contributed by atoms with E-state index in [1.54, 1.807) is 12.3 Å². The molecule has 0 aliphatic carbocycles. The van der Waals surface area contributed by atoms with Crippen molar-refractivity contribution in [2.45, 2.75) is 25.3 Å². The van der Waals surface area contributed by atoms with Gasteiger partial charge in [-0.15, -0.1) is 0 Å². The van der Waals surface area contributed by atoms with Crippen LogP contribution < -0.4 is 0 Å². The van der Waals surface area contributed by atoms with Crippen LogP contribution in [-0.4, -0.2) is 53.1 Å². The molecule has 0 bridgehead atoms. The van der Waals surface area contributed by atoms with Gasteiger partial charge in [-0.1, -0.05) is 0 Å². The number of hydrogen-bond acceptors (Lipinski definition) is 4. The average Bonchev–Trinajstić information content (AvgIpc) is 3.17. The number of amides is 1. The van der Waals surface area contributed by atoms with E-state index in [2.05, 4.69) is 10.2 Å². The van der Waals surface area contributed by atoms with Crippen LogP contribution in [0, 0.1) is 0 Å². The zero-order valence-corrected chi connectivity index (χ0v) is 13.1. The molecule has 1 saturated heterocycles. The molecule has 1 N–H and O–H groups in total. The van der Waals surface area contributed by atoms with Gasteiger partial charge in [0.2, 0.25) is 0 Å². The summed E-state index contributed by atoms with van der Waals surface area (Å²) in [6, 6.07) is 5.64. The quantitative estimate of drug-likeness (QED) is 0.939. The second-order valence-corrected chi connectivity index (χ2v) is 6.11. The Labute approximate surface area is 130 Å². The first-order chi connectivity index (χ1) is 10.6. The van der Waals surface area contributed by atoms with Crippen molar-refractivity contribution >= 4 is 5.91 Å². The lowest BCUT2D eigenvalue weighted by Gasteiger charge is -2.31. The van der Waals surface area contributed by atoms with E-state index in [-0.39, 0.29) is 5.91 Å². The number of piperidine rings is 1. The fraction of sp³-hybridized carbons (Fsp3) is 0.500. The number of hydrogen-bond donors (Lipinski definition) is 1. The molecule has 0 aromatic carbocycles. The monoisotopic (exact) mass is 302 g/mol. The van der Waals surface area contributed by atoms with Crippen LogP contribution in [0.5, 0.6) is 0 Å². The minimum Gasteiger partial charge on any atom is -0.455 e.